The van der Waals surface area contributed by atoms with E-state index in [-0.39, 0.29) is 23.6 Å². The minimum atomic E-state index is -0.408. The second-order valence-corrected chi connectivity index (χ2v) is 7.15. The van der Waals surface area contributed by atoms with Gasteiger partial charge in [0.2, 0.25) is 0 Å². The number of allylic oxidation sites excluding steroid dienone is 3. The minimum absolute atomic E-state index is 0.0131. The smallest absolute Gasteiger partial charge is 0.305 e. The molecule has 0 heterocycles. The van der Waals surface area contributed by atoms with Gasteiger partial charge in [0.15, 0.2) is 5.78 Å². The molecule has 1 aliphatic rings. The van der Waals surface area contributed by atoms with E-state index in [1.54, 1.807) is 6.08 Å². The van der Waals surface area contributed by atoms with Crippen LogP contribution < -0.4 is 0 Å². The molecule has 0 aromatic carbocycles. The quantitative estimate of drug-likeness (QED) is 0.274. The van der Waals surface area contributed by atoms with E-state index in [0.29, 0.717) is 13.0 Å². The molecule has 26 heavy (non-hydrogen) atoms. The van der Waals surface area contributed by atoms with Crippen molar-refractivity contribution in [3.8, 4) is 0 Å². The molecule has 0 spiro atoms. The molecule has 3 atom stereocenters. The second-order valence-electron chi connectivity index (χ2n) is 7.15. The zero-order chi connectivity index (χ0) is 19.2. The molecule has 0 saturated heterocycles. The summed E-state index contributed by atoms with van der Waals surface area (Å²) in [7, 11) is 0. The SMILES string of the molecule is CCCCCC(O)C=C[C@H]1C=CC(=O)C1CCCCCCC(=O)OCC. The van der Waals surface area contributed by atoms with Crippen LogP contribution in [0.15, 0.2) is 24.3 Å². The number of ether oxygens (including phenoxy) is 1. The van der Waals surface area contributed by atoms with Gasteiger partial charge in [-0.05, 0) is 32.3 Å². The van der Waals surface area contributed by atoms with Crippen LogP contribution in [0.5, 0.6) is 0 Å². The molecule has 0 saturated carbocycles. The summed E-state index contributed by atoms with van der Waals surface area (Å²) >= 11 is 0. The van der Waals surface area contributed by atoms with Gasteiger partial charge in [-0.2, -0.15) is 0 Å². The van der Waals surface area contributed by atoms with Crippen LogP contribution in [0, 0.1) is 11.8 Å². The highest BCUT2D eigenvalue weighted by Crippen LogP contribution is 2.29. The normalized spacial score (nSPS) is 20.8. The van der Waals surface area contributed by atoms with Crippen LogP contribution in [-0.2, 0) is 14.3 Å². The Balaban J connectivity index is 2.25. The van der Waals surface area contributed by atoms with Crippen LogP contribution in [0.25, 0.3) is 0 Å². The minimum Gasteiger partial charge on any atom is -0.466 e. The predicted molar refractivity (Wildman–Crippen MR) is 105 cm³/mol. The zero-order valence-corrected chi connectivity index (χ0v) is 16.5. The first kappa shape index (κ1) is 22.6. The number of rotatable bonds is 14. The summed E-state index contributed by atoms with van der Waals surface area (Å²) in [6.07, 6.45) is 16.4. The third kappa shape index (κ3) is 9.33. The first-order valence-electron chi connectivity index (χ1n) is 10.3. The average Bonchev–Trinajstić information content (AvgIpc) is 2.96. The molecule has 2 unspecified atom stereocenters. The summed E-state index contributed by atoms with van der Waals surface area (Å²) in [5, 5.41) is 10.0. The van der Waals surface area contributed by atoms with E-state index in [1.807, 2.05) is 25.2 Å². The molecular formula is C22H36O4. The monoisotopic (exact) mass is 364 g/mol. The molecular weight excluding hydrogens is 328 g/mol. The van der Waals surface area contributed by atoms with E-state index in [0.717, 1.165) is 57.8 Å². The topological polar surface area (TPSA) is 63.6 Å². The Bertz CT molecular complexity index is 467. The van der Waals surface area contributed by atoms with E-state index in [2.05, 4.69) is 6.92 Å². The van der Waals surface area contributed by atoms with Gasteiger partial charge in [0.25, 0.3) is 0 Å². The fourth-order valence-electron chi connectivity index (χ4n) is 3.36. The maximum absolute atomic E-state index is 12.1. The maximum Gasteiger partial charge on any atom is 0.305 e. The fourth-order valence-corrected chi connectivity index (χ4v) is 3.36. The van der Waals surface area contributed by atoms with Gasteiger partial charge >= 0.3 is 5.97 Å². The largest absolute Gasteiger partial charge is 0.466 e. The van der Waals surface area contributed by atoms with Gasteiger partial charge in [0.1, 0.15) is 0 Å². The predicted octanol–water partition coefficient (Wildman–Crippen LogP) is 4.76. The van der Waals surface area contributed by atoms with Gasteiger partial charge in [0.05, 0.1) is 12.7 Å². The molecule has 0 fully saturated rings. The number of unbranched alkanes of at least 4 members (excludes halogenated alkanes) is 5. The number of aliphatic hydroxyl groups excluding tert-OH is 1. The van der Waals surface area contributed by atoms with E-state index < -0.39 is 6.10 Å². The zero-order valence-electron chi connectivity index (χ0n) is 16.5. The molecule has 148 valence electrons. The van der Waals surface area contributed by atoms with Crippen LogP contribution in [0.3, 0.4) is 0 Å². The van der Waals surface area contributed by atoms with Gasteiger partial charge in [-0.25, -0.2) is 0 Å². The van der Waals surface area contributed by atoms with Crippen molar-refractivity contribution < 1.29 is 19.4 Å². The standard InChI is InChI=1S/C22H36O4/c1-3-5-8-11-19(23)16-14-18-15-17-21(24)20(18)12-9-6-7-10-13-22(25)26-4-2/h14-20,23H,3-13H2,1-2H3/t18-,19?,20?/m0/s1. The van der Waals surface area contributed by atoms with Crippen molar-refractivity contribution in [2.24, 2.45) is 11.8 Å². The number of esters is 1. The van der Waals surface area contributed by atoms with Crippen molar-refractivity contribution in [1.82, 2.24) is 0 Å². The Morgan fingerprint density at radius 2 is 1.96 bits per heavy atom. The lowest BCUT2D eigenvalue weighted by Crippen LogP contribution is -2.15. The van der Waals surface area contributed by atoms with E-state index in [4.69, 9.17) is 4.74 Å². The third-order valence-electron chi connectivity index (χ3n) is 4.92. The summed E-state index contributed by atoms with van der Waals surface area (Å²) in [6, 6.07) is 0. The molecule has 0 aliphatic heterocycles. The fraction of sp³-hybridized carbons (Fsp3) is 0.727. The summed E-state index contributed by atoms with van der Waals surface area (Å²) in [5.41, 5.74) is 0. The number of hydrogen-bond donors (Lipinski definition) is 1. The highest BCUT2D eigenvalue weighted by molar-refractivity contribution is 5.94. The number of ketones is 1. The lowest BCUT2D eigenvalue weighted by Gasteiger charge is -2.15. The van der Waals surface area contributed by atoms with Crippen molar-refractivity contribution in [2.75, 3.05) is 6.61 Å². The number of aliphatic hydroxyl groups is 1. The molecule has 0 radical (unpaired) electrons. The van der Waals surface area contributed by atoms with Crippen molar-refractivity contribution in [3.05, 3.63) is 24.3 Å². The van der Waals surface area contributed by atoms with Crippen LogP contribution in [0.4, 0.5) is 0 Å². The van der Waals surface area contributed by atoms with Crippen molar-refractivity contribution in [2.45, 2.75) is 84.2 Å². The number of carbonyl (C=O) groups is 2. The van der Waals surface area contributed by atoms with Gasteiger partial charge in [-0.3, -0.25) is 9.59 Å². The Morgan fingerprint density at radius 1 is 1.19 bits per heavy atom. The van der Waals surface area contributed by atoms with Gasteiger partial charge in [-0.15, -0.1) is 0 Å². The Morgan fingerprint density at radius 3 is 2.69 bits per heavy atom. The number of carbonyl (C=O) groups excluding carboxylic acids is 2. The van der Waals surface area contributed by atoms with Crippen LogP contribution >= 0.6 is 0 Å². The van der Waals surface area contributed by atoms with E-state index in [1.165, 1.54) is 0 Å². The first-order valence-corrected chi connectivity index (χ1v) is 10.3. The summed E-state index contributed by atoms with van der Waals surface area (Å²) < 4.78 is 4.91. The van der Waals surface area contributed by atoms with Gasteiger partial charge < -0.3 is 9.84 Å². The summed E-state index contributed by atoms with van der Waals surface area (Å²) in [4.78, 5) is 23.4. The maximum atomic E-state index is 12.1. The van der Waals surface area contributed by atoms with E-state index >= 15 is 0 Å². The second kappa shape index (κ2) is 13.7. The Hall–Kier alpha value is -1.42. The molecule has 1 rings (SSSR count). The lowest BCUT2D eigenvalue weighted by atomic mass is 9.88. The van der Waals surface area contributed by atoms with Crippen LogP contribution in [0.1, 0.15) is 78.1 Å². The first-order chi connectivity index (χ1) is 12.6. The summed E-state index contributed by atoms with van der Waals surface area (Å²) in [6.45, 7) is 4.41. The molecule has 1 aliphatic carbocycles. The molecule has 0 aromatic rings. The molecule has 4 nitrogen and oxygen atoms in total. The molecule has 4 heteroatoms. The highest BCUT2D eigenvalue weighted by atomic mass is 16.5. The molecule has 0 aromatic heterocycles. The van der Waals surface area contributed by atoms with Gasteiger partial charge in [-0.1, -0.05) is 63.7 Å². The molecule has 0 amide bonds. The Kier molecular flexibility index (Phi) is 12.0. The number of hydrogen-bond acceptors (Lipinski definition) is 4. The van der Waals surface area contributed by atoms with Crippen LogP contribution in [0.2, 0.25) is 0 Å². The van der Waals surface area contributed by atoms with Crippen molar-refractivity contribution >= 4 is 11.8 Å². The lowest BCUT2D eigenvalue weighted by molar-refractivity contribution is -0.143. The summed E-state index contributed by atoms with van der Waals surface area (Å²) in [5.74, 6) is 0.207. The van der Waals surface area contributed by atoms with Gasteiger partial charge in [0, 0.05) is 18.3 Å². The van der Waals surface area contributed by atoms with E-state index in [9.17, 15) is 14.7 Å². The van der Waals surface area contributed by atoms with Crippen molar-refractivity contribution in [3.63, 3.8) is 0 Å². The molecule has 0 bridgehead atoms. The molecule has 1 N–H and O–H groups in total. The Labute approximate surface area is 158 Å². The third-order valence-corrected chi connectivity index (χ3v) is 4.92. The highest BCUT2D eigenvalue weighted by Gasteiger charge is 2.27. The van der Waals surface area contributed by atoms with Crippen LogP contribution in [-0.4, -0.2) is 29.6 Å². The van der Waals surface area contributed by atoms with Crippen molar-refractivity contribution in [1.29, 1.82) is 0 Å². The average molecular weight is 365 g/mol.